The van der Waals surface area contributed by atoms with Crippen molar-refractivity contribution in [1.29, 1.82) is 0 Å². The summed E-state index contributed by atoms with van der Waals surface area (Å²) in [6.07, 6.45) is -3.55. The fourth-order valence-corrected chi connectivity index (χ4v) is 2.88. The Bertz CT molecular complexity index is 947. The van der Waals surface area contributed by atoms with Gasteiger partial charge in [0.25, 0.3) is 5.91 Å². The van der Waals surface area contributed by atoms with Crippen LogP contribution >= 0.6 is 0 Å². The molecular formula is C20H22BF3N2O4. The molecule has 2 heterocycles. The molecule has 10 heteroatoms. The molecule has 0 bridgehead atoms. The number of rotatable bonds is 4. The Balaban J connectivity index is 1.83. The predicted octanol–water partition coefficient (Wildman–Crippen LogP) is 3.66. The van der Waals surface area contributed by atoms with Gasteiger partial charge >= 0.3 is 13.3 Å². The van der Waals surface area contributed by atoms with E-state index in [0.717, 1.165) is 18.3 Å². The van der Waals surface area contributed by atoms with Crippen LogP contribution in [0.3, 0.4) is 0 Å². The number of benzene rings is 1. The number of anilines is 1. The summed E-state index contributed by atoms with van der Waals surface area (Å²) in [5, 5.41) is 2.37. The van der Waals surface area contributed by atoms with E-state index >= 15 is 0 Å². The van der Waals surface area contributed by atoms with Crippen LogP contribution in [0.2, 0.25) is 0 Å². The van der Waals surface area contributed by atoms with Gasteiger partial charge in [0.1, 0.15) is 11.6 Å². The normalized spacial score (nSPS) is 17.7. The second-order valence-electron chi connectivity index (χ2n) is 7.93. The number of nitrogens with zero attached hydrogens (tertiary/aromatic N) is 1. The summed E-state index contributed by atoms with van der Waals surface area (Å²) < 4.78 is 55.9. The van der Waals surface area contributed by atoms with Gasteiger partial charge in [0.2, 0.25) is 0 Å². The van der Waals surface area contributed by atoms with Crippen LogP contribution in [0.25, 0.3) is 0 Å². The van der Waals surface area contributed by atoms with Crippen molar-refractivity contribution in [3.8, 4) is 5.75 Å². The van der Waals surface area contributed by atoms with Gasteiger partial charge in [-0.25, -0.2) is 4.98 Å². The second kappa shape index (κ2) is 7.59. The van der Waals surface area contributed by atoms with E-state index < -0.39 is 36.0 Å². The molecule has 1 fully saturated rings. The van der Waals surface area contributed by atoms with E-state index in [2.05, 4.69) is 10.3 Å². The molecule has 0 saturated carbocycles. The lowest BCUT2D eigenvalue weighted by Gasteiger charge is -2.32. The summed E-state index contributed by atoms with van der Waals surface area (Å²) in [6.45, 7) is 7.70. The minimum absolute atomic E-state index is 0.136. The molecule has 0 unspecified atom stereocenters. The fourth-order valence-electron chi connectivity index (χ4n) is 2.88. The third-order valence-corrected chi connectivity index (χ3v) is 5.32. The van der Waals surface area contributed by atoms with Gasteiger partial charge < -0.3 is 19.4 Å². The summed E-state index contributed by atoms with van der Waals surface area (Å²) in [5.74, 6) is -0.641. The van der Waals surface area contributed by atoms with Crippen LogP contribution in [0.1, 0.15) is 43.6 Å². The van der Waals surface area contributed by atoms with Gasteiger partial charge in [-0.15, -0.1) is 0 Å². The summed E-state index contributed by atoms with van der Waals surface area (Å²) in [5.41, 5.74) is -1.18. The van der Waals surface area contributed by atoms with Crippen molar-refractivity contribution in [2.45, 2.75) is 45.1 Å². The van der Waals surface area contributed by atoms with E-state index in [9.17, 15) is 18.0 Å². The second-order valence-corrected chi connectivity index (χ2v) is 7.93. The van der Waals surface area contributed by atoms with Crippen LogP contribution in [-0.4, -0.2) is 36.3 Å². The van der Waals surface area contributed by atoms with E-state index in [1.807, 2.05) is 27.7 Å². The molecule has 1 aliphatic heterocycles. The summed E-state index contributed by atoms with van der Waals surface area (Å²) >= 11 is 0. The Kier molecular flexibility index (Phi) is 5.59. The van der Waals surface area contributed by atoms with Gasteiger partial charge in [-0.3, -0.25) is 4.79 Å². The van der Waals surface area contributed by atoms with E-state index in [1.54, 1.807) is 12.1 Å². The van der Waals surface area contributed by atoms with Crippen LogP contribution < -0.4 is 15.5 Å². The van der Waals surface area contributed by atoms with Crippen LogP contribution in [-0.2, 0) is 15.5 Å². The number of carbonyl (C=O) groups excluding carboxylic acids is 1. The first-order valence-corrected chi connectivity index (χ1v) is 9.22. The average Bonchev–Trinajstić information content (AvgIpc) is 2.88. The molecule has 1 N–H and O–H groups in total. The number of carbonyl (C=O) groups is 1. The number of nitrogens with one attached hydrogen (secondary N) is 1. The number of ether oxygens (including phenoxy) is 1. The maximum atomic E-state index is 12.9. The third-order valence-electron chi connectivity index (χ3n) is 5.32. The van der Waals surface area contributed by atoms with Crippen LogP contribution in [0.4, 0.5) is 19.0 Å². The van der Waals surface area contributed by atoms with E-state index in [0.29, 0.717) is 5.46 Å². The van der Waals surface area contributed by atoms with Crippen LogP contribution in [0.5, 0.6) is 5.75 Å². The molecule has 1 amide bonds. The number of halogens is 3. The van der Waals surface area contributed by atoms with Gasteiger partial charge in [-0.05, 0) is 57.4 Å². The molecule has 0 spiro atoms. The molecule has 1 saturated heterocycles. The summed E-state index contributed by atoms with van der Waals surface area (Å²) in [7, 11) is 0.744. The molecule has 30 heavy (non-hydrogen) atoms. The lowest BCUT2D eigenvalue weighted by atomic mass is 9.78. The number of pyridine rings is 1. The number of alkyl halides is 3. The highest BCUT2D eigenvalue weighted by Crippen LogP contribution is 2.37. The Morgan fingerprint density at radius 3 is 2.30 bits per heavy atom. The molecule has 1 aromatic carbocycles. The van der Waals surface area contributed by atoms with Crippen molar-refractivity contribution in [2.24, 2.45) is 0 Å². The lowest BCUT2D eigenvalue weighted by Crippen LogP contribution is -2.41. The molecule has 0 aliphatic carbocycles. The largest absolute Gasteiger partial charge is 0.496 e. The van der Waals surface area contributed by atoms with Gasteiger partial charge in [0, 0.05) is 6.20 Å². The van der Waals surface area contributed by atoms with Crippen molar-refractivity contribution in [1.82, 2.24) is 4.98 Å². The Labute approximate surface area is 172 Å². The first-order valence-electron chi connectivity index (χ1n) is 9.22. The monoisotopic (exact) mass is 422 g/mol. The predicted molar refractivity (Wildman–Crippen MR) is 106 cm³/mol. The zero-order chi connectivity index (χ0) is 22.3. The number of aromatic nitrogens is 1. The molecule has 2 aromatic rings. The molecule has 1 aliphatic rings. The highest BCUT2D eigenvalue weighted by atomic mass is 19.4. The molecule has 0 radical (unpaired) electrons. The molecule has 1 aromatic heterocycles. The number of hydrogen-bond donors (Lipinski definition) is 1. The highest BCUT2D eigenvalue weighted by Gasteiger charge is 2.51. The Hall–Kier alpha value is -2.59. The van der Waals surface area contributed by atoms with Gasteiger partial charge in [0.05, 0.1) is 29.4 Å². The van der Waals surface area contributed by atoms with Crippen molar-refractivity contribution < 1.29 is 32.0 Å². The summed E-state index contributed by atoms with van der Waals surface area (Å²) in [4.78, 5) is 16.4. The molecule has 6 nitrogen and oxygen atoms in total. The van der Waals surface area contributed by atoms with E-state index in [-0.39, 0.29) is 17.1 Å². The fraction of sp³-hybridized carbons (Fsp3) is 0.400. The number of methoxy groups -OCH3 is 1. The first-order chi connectivity index (χ1) is 13.8. The molecular weight excluding hydrogens is 400 g/mol. The maximum Gasteiger partial charge on any atom is 0.494 e. The topological polar surface area (TPSA) is 69.7 Å². The lowest BCUT2D eigenvalue weighted by molar-refractivity contribution is -0.137. The van der Waals surface area contributed by atoms with Crippen molar-refractivity contribution in [3.05, 3.63) is 47.7 Å². The smallest absolute Gasteiger partial charge is 0.494 e. The van der Waals surface area contributed by atoms with E-state index in [4.69, 9.17) is 14.0 Å². The van der Waals surface area contributed by atoms with Crippen LogP contribution in [0.15, 0.2) is 36.5 Å². The quantitative estimate of drug-likeness (QED) is 0.762. The highest BCUT2D eigenvalue weighted by molar-refractivity contribution is 6.62. The minimum atomic E-state index is -4.54. The van der Waals surface area contributed by atoms with Gasteiger partial charge in [-0.1, -0.05) is 6.07 Å². The molecule has 160 valence electrons. The van der Waals surface area contributed by atoms with Crippen molar-refractivity contribution in [2.75, 3.05) is 12.4 Å². The van der Waals surface area contributed by atoms with Gasteiger partial charge in [-0.2, -0.15) is 13.2 Å². The van der Waals surface area contributed by atoms with E-state index in [1.165, 1.54) is 13.2 Å². The zero-order valence-electron chi connectivity index (χ0n) is 17.3. The number of amides is 1. The molecule has 3 rings (SSSR count). The van der Waals surface area contributed by atoms with Crippen molar-refractivity contribution >= 4 is 24.3 Å². The third kappa shape index (κ3) is 4.29. The number of hydrogen-bond acceptors (Lipinski definition) is 5. The van der Waals surface area contributed by atoms with Gasteiger partial charge in [0.15, 0.2) is 0 Å². The summed E-state index contributed by atoms with van der Waals surface area (Å²) in [6, 6.07) is 6.36. The maximum absolute atomic E-state index is 12.9. The van der Waals surface area contributed by atoms with Crippen molar-refractivity contribution in [3.63, 3.8) is 0 Å². The Morgan fingerprint density at radius 2 is 1.73 bits per heavy atom. The first kappa shape index (κ1) is 22.1. The molecule has 0 atom stereocenters. The van der Waals surface area contributed by atoms with Crippen LogP contribution in [0, 0.1) is 0 Å². The minimum Gasteiger partial charge on any atom is -0.496 e. The zero-order valence-corrected chi connectivity index (χ0v) is 17.3. The standard InChI is InChI=1S/C20H22BF3N2O4/c1-18(2)19(3,4)30-21(29-18)13-6-7-14(15(11-13)28-5)17(27)26-16-10-12(8-9-25-16)20(22,23)24/h6-11H,1-5H3,(H,25,26,27). The average molecular weight is 422 g/mol. The Morgan fingerprint density at radius 1 is 1.10 bits per heavy atom. The SMILES string of the molecule is COc1cc(B2OC(C)(C)C(C)(C)O2)ccc1C(=O)Nc1cc(C(F)(F)F)ccn1.